The van der Waals surface area contributed by atoms with Gasteiger partial charge in [-0.1, -0.05) is 40.7 Å². The van der Waals surface area contributed by atoms with E-state index in [1.165, 1.54) is 11.1 Å². The summed E-state index contributed by atoms with van der Waals surface area (Å²) in [5, 5.41) is 5.32. The third kappa shape index (κ3) is 9.15. The predicted octanol–water partition coefficient (Wildman–Crippen LogP) is 7.47. The largest absolute Gasteiger partial charge is 0.444 e. The van der Waals surface area contributed by atoms with E-state index in [9.17, 15) is 4.79 Å². The summed E-state index contributed by atoms with van der Waals surface area (Å²) >= 11 is 0. The molecule has 0 spiro atoms. The summed E-state index contributed by atoms with van der Waals surface area (Å²) in [4.78, 5) is 16.4. The molecule has 1 fully saturated rings. The molecule has 1 aliphatic heterocycles. The van der Waals surface area contributed by atoms with Crippen LogP contribution in [0.5, 0.6) is 0 Å². The molecular formula is C32H58N4O4Si. The first-order valence-corrected chi connectivity index (χ1v) is 18.4. The van der Waals surface area contributed by atoms with Crippen molar-refractivity contribution in [3.05, 3.63) is 23.5 Å². The highest BCUT2D eigenvalue weighted by Crippen LogP contribution is 2.45. The van der Waals surface area contributed by atoms with E-state index in [1.807, 2.05) is 20.8 Å². The molecule has 2 unspecified atom stereocenters. The maximum Gasteiger partial charge on any atom is 0.410 e. The van der Waals surface area contributed by atoms with Gasteiger partial charge in [0.1, 0.15) is 11.8 Å². The molecule has 2 aliphatic rings. The van der Waals surface area contributed by atoms with Crippen LogP contribution in [0, 0.1) is 5.41 Å². The predicted molar refractivity (Wildman–Crippen MR) is 169 cm³/mol. The highest BCUT2D eigenvalue weighted by molar-refractivity contribution is 6.74. The topological polar surface area (TPSA) is 69.1 Å². The van der Waals surface area contributed by atoms with Gasteiger partial charge in [0.25, 0.3) is 0 Å². The van der Waals surface area contributed by atoms with Gasteiger partial charge >= 0.3 is 6.09 Å². The average molecular weight is 591 g/mol. The van der Waals surface area contributed by atoms with Crippen LogP contribution >= 0.6 is 0 Å². The second-order valence-electron chi connectivity index (χ2n) is 15.4. The molecule has 0 saturated carbocycles. The van der Waals surface area contributed by atoms with Crippen LogP contribution in [0.1, 0.15) is 105 Å². The van der Waals surface area contributed by atoms with Gasteiger partial charge in [-0.3, -0.25) is 0 Å². The Morgan fingerprint density at radius 1 is 1.15 bits per heavy atom. The molecule has 234 valence electrons. The lowest BCUT2D eigenvalue weighted by Gasteiger charge is -2.45. The minimum Gasteiger partial charge on any atom is -0.444 e. The van der Waals surface area contributed by atoms with Crippen molar-refractivity contribution in [1.82, 2.24) is 19.6 Å². The number of hydrogen-bond donors (Lipinski definition) is 0. The summed E-state index contributed by atoms with van der Waals surface area (Å²) < 4.78 is 20.7. The van der Waals surface area contributed by atoms with Gasteiger partial charge in [-0.05, 0) is 89.0 Å². The van der Waals surface area contributed by atoms with Crippen LogP contribution in [-0.2, 0) is 20.4 Å². The van der Waals surface area contributed by atoms with Crippen LogP contribution < -0.4 is 0 Å². The highest BCUT2D eigenvalue weighted by Gasteiger charge is 2.43. The molecule has 1 amide bonds. The standard InChI is InChI=1S/C32H58N4O4Si/c1-30(2,3)39-29(37)35(10)19-18-34(9)22-25-23-36(27-15-13-14-20-38-27)33-28(25)24-16-17-32(7,8)26(21-24)40-41(11,12)31(4,5)6/h21,23,26-27H,13-20,22H2,1-12H3. The van der Waals surface area contributed by atoms with Crippen molar-refractivity contribution in [3.63, 3.8) is 0 Å². The van der Waals surface area contributed by atoms with Crippen molar-refractivity contribution in [1.29, 1.82) is 0 Å². The number of nitrogens with zero attached hydrogens (tertiary/aromatic N) is 4. The molecule has 9 heteroatoms. The minimum atomic E-state index is -1.96. The maximum absolute atomic E-state index is 12.5. The lowest BCUT2D eigenvalue weighted by atomic mass is 9.75. The van der Waals surface area contributed by atoms with Crippen LogP contribution in [-0.4, -0.2) is 79.5 Å². The number of allylic oxidation sites excluding steroid dienone is 1. The third-order valence-corrected chi connectivity index (χ3v) is 13.4. The second kappa shape index (κ2) is 12.9. The van der Waals surface area contributed by atoms with Gasteiger partial charge in [0.2, 0.25) is 0 Å². The first-order chi connectivity index (χ1) is 18.8. The van der Waals surface area contributed by atoms with Crippen LogP contribution in [0.2, 0.25) is 18.1 Å². The van der Waals surface area contributed by atoms with Gasteiger partial charge in [0.15, 0.2) is 8.32 Å². The zero-order valence-corrected chi connectivity index (χ0v) is 29.1. The number of aromatic nitrogens is 2. The molecule has 1 aliphatic carbocycles. The zero-order chi connectivity index (χ0) is 30.8. The normalized spacial score (nSPS) is 22.0. The molecule has 8 nitrogen and oxygen atoms in total. The van der Waals surface area contributed by atoms with Crippen LogP contribution in [0.15, 0.2) is 12.3 Å². The maximum atomic E-state index is 12.5. The summed E-state index contributed by atoms with van der Waals surface area (Å²) in [5.41, 5.74) is 3.09. The molecule has 0 N–H and O–H groups in total. The van der Waals surface area contributed by atoms with E-state index >= 15 is 0 Å². The summed E-state index contributed by atoms with van der Waals surface area (Å²) in [6, 6.07) is 0. The smallest absolute Gasteiger partial charge is 0.410 e. The first kappa shape index (κ1) is 33.8. The van der Waals surface area contributed by atoms with Crippen LogP contribution in [0.4, 0.5) is 4.79 Å². The second-order valence-corrected chi connectivity index (χ2v) is 20.2. The SMILES string of the molecule is CN(CCN(C)C(=O)OC(C)(C)C)Cc1cn(C2CCCCO2)nc1C1=CC(O[Si](C)(C)C(C)(C)C)C(C)(C)CC1. The molecule has 3 rings (SSSR count). The van der Waals surface area contributed by atoms with E-state index in [1.54, 1.807) is 11.9 Å². The number of carbonyl (C=O) groups is 1. The van der Waals surface area contributed by atoms with Crippen LogP contribution in [0.3, 0.4) is 0 Å². The Kier molecular flexibility index (Phi) is 10.6. The molecule has 2 heterocycles. The number of likely N-dealkylation sites (N-methyl/N-ethyl adjacent to an activating group) is 2. The van der Waals surface area contributed by atoms with Crippen molar-refractivity contribution in [2.45, 2.75) is 130 Å². The Bertz CT molecular complexity index is 1060. The molecule has 0 aromatic carbocycles. The summed E-state index contributed by atoms with van der Waals surface area (Å²) in [7, 11) is 1.93. The lowest BCUT2D eigenvalue weighted by Crippen LogP contribution is -2.48. The van der Waals surface area contributed by atoms with Gasteiger partial charge < -0.3 is 23.7 Å². The fraction of sp³-hybridized carbons (Fsp3) is 0.812. The number of carbonyl (C=O) groups excluding carboxylic acids is 1. The molecule has 2 atom stereocenters. The third-order valence-electron chi connectivity index (χ3n) is 8.91. The molecule has 41 heavy (non-hydrogen) atoms. The molecule has 0 radical (unpaired) electrons. The number of rotatable bonds is 9. The lowest BCUT2D eigenvalue weighted by molar-refractivity contribution is -0.0396. The number of amides is 1. The van der Waals surface area contributed by atoms with E-state index in [0.717, 1.165) is 57.5 Å². The van der Waals surface area contributed by atoms with E-state index in [2.05, 4.69) is 76.6 Å². The van der Waals surface area contributed by atoms with E-state index in [-0.39, 0.29) is 28.9 Å². The van der Waals surface area contributed by atoms with Gasteiger partial charge in [-0.15, -0.1) is 0 Å². The quantitative estimate of drug-likeness (QED) is 0.278. The van der Waals surface area contributed by atoms with Crippen molar-refractivity contribution >= 4 is 20.0 Å². The number of ether oxygens (including phenoxy) is 2. The van der Waals surface area contributed by atoms with Gasteiger partial charge in [-0.25, -0.2) is 9.48 Å². The van der Waals surface area contributed by atoms with Crippen molar-refractivity contribution < 1.29 is 18.7 Å². The molecular weight excluding hydrogens is 532 g/mol. The Hall–Kier alpha value is -1.68. The van der Waals surface area contributed by atoms with E-state index < -0.39 is 13.9 Å². The number of hydrogen-bond acceptors (Lipinski definition) is 6. The van der Waals surface area contributed by atoms with Gasteiger partial charge in [-0.2, -0.15) is 5.10 Å². The minimum absolute atomic E-state index is 0.0141. The molecule has 1 saturated heterocycles. The fourth-order valence-corrected chi connectivity index (χ4v) is 6.37. The first-order valence-electron chi connectivity index (χ1n) is 15.5. The van der Waals surface area contributed by atoms with Crippen LogP contribution in [0.25, 0.3) is 5.57 Å². The average Bonchev–Trinajstić information content (AvgIpc) is 3.26. The Labute approximate surface area is 250 Å². The molecule has 0 bridgehead atoms. The highest BCUT2D eigenvalue weighted by atomic mass is 28.4. The van der Waals surface area contributed by atoms with Crippen molar-refractivity contribution in [2.24, 2.45) is 5.41 Å². The zero-order valence-electron chi connectivity index (χ0n) is 28.1. The summed E-state index contributed by atoms with van der Waals surface area (Å²) in [6.07, 6.45) is 9.59. The monoisotopic (exact) mass is 590 g/mol. The Balaban J connectivity index is 1.85. The van der Waals surface area contributed by atoms with Crippen molar-refractivity contribution in [3.8, 4) is 0 Å². The summed E-state index contributed by atoms with van der Waals surface area (Å²) in [6.45, 7) is 24.8. The fourth-order valence-electron chi connectivity index (χ4n) is 4.99. The van der Waals surface area contributed by atoms with Gasteiger partial charge in [0, 0.05) is 45.0 Å². The molecule has 1 aromatic rings. The Morgan fingerprint density at radius 2 is 1.83 bits per heavy atom. The molecule has 1 aromatic heterocycles. The van der Waals surface area contributed by atoms with Gasteiger partial charge in [0.05, 0.1) is 11.8 Å². The Morgan fingerprint density at radius 3 is 2.41 bits per heavy atom. The van der Waals surface area contributed by atoms with E-state index in [4.69, 9.17) is 19.0 Å². The summed E-state index contributed by atoms with van der Waals surface area (Å²) in [5.74, 6) is 0. The van der Waals surface area contributed by atoms with Crippen molar-refractivity contribution in [2.75, 3.05) is 33.8 Å². The van der Waals surface area contributed by atoms with E-state index in [0.29, 0.717) is 6.54 Å².